The first kappa shape index (κ1) is 14.5. The van der Waals surface area contributed by atoms with Gasteiger partial charge in [-0.1, -0.05) is 6.07 Å². The Morgan fingerprint density at radius 2 is 1.50 bits per heavy atom. The molecule has 2 rings (SSSR count). The van der Waals surface area contributed by atoms with Gasteiger partial charge in [0.05, 0.1) is 14.2 Å². The number of methoxy groups -OCH3 is 2. The fourth-order valence-electron chi connectivity index (χ4n) is 2.64. The van der Waals surface area contributed by atoms with Crippen LogP contribution >= 0.6 is 0 Å². The maximum atomic E-state index is 5.43. The predicted molar refractivity (Wildman–Crippen MR) is 85.4 cm³/mol. The molecule has 2 aromatic carbocycles. The van der Waals surface area contributed by atoms with Gasteiger partial charge in [-0.3, -0.25) is 0 Å². The zero-order chi connectivity index (χ0) is 14.7. The number of ether oxygens (including phenoxy) is 2. The molecule has 0 bridgehead atoms. The third-order valence-corrected chi connectivity index (χ3v) is 3.68. The largest absolute Gasteiger partial charge is 0.493 e. The number of hydrogen-bond donors (Lipinski definition) is 0. The Kier molecular flexibility index (Phi) is 4.38. The van der Waals surface area contributed by atoms with E-state index in [0.29, 0.717) is 0 Å². The molecular weight excluding hydrogens is 250 g/mol. The Hall–Kier alpha value is -1.90. The Morgan fingerprint density at radius 1 is 0.900 bits per heavy atom. The van der Waals surface area contributed by atoms with Gasteiger partial charge in [0.1, 0.15) is 0 Å². The van der Waals surface area contributed by atoms with Crippen molar-refractivity contribution in [3.05, 3.63) is 29.8 Å². The van der Waals surface area contributed by atoms with E-state index in [1.54, 1.807) is 14.2 Å². The highest BCUT2D eigenvalue weighted by Crippen LogP contribution is 2.37. The Morgan fingerprint density at radius 3 is 2.05 bits per heavy atom. The molecule has 20 heavy (non-hydrogen) atoms. The minimum Gasteiger partial charge on any atom is -0.493 e. The molecule has 2 aromatic rings. The van der Waals surface area contributed by atoms with Crippen molar-refractivity contribution >= 4 is 16.5 Å². The molecule has 0 fully saturated rings. The van der Waals surface area contributed by atoms with E-state index in [9.17, 15) is 0 Å². The average Bonchev–Trinajstić information content (AvgIpc) is 2.46. The number of hydrogen-bond acceptors (Lipinski definition) is 3. The quantitative estimate of drug-likeness (QED) is 0.821. The third-order valence-electron chi connectivity index (χ3n) is 3.68. The van der Waals surface area contributed by atoms with Crippen LogP contribution in [0.25, 0.3) is 10.8 Å². The smallest absolute Gasteiger partial charge is 0.161 e. The minimum absolute atomic E-state index is 0.774. The number of rotatable bonds is 5. The first-order valence-corrected chi connectivity index (χ1v) is 7.05. The summed E-state index contributed by atoms with van der Waals surface area (Å²) < 4.78 is 10.8. The zero-order valence-electron chi connectivity index (χ0n) is 13.0. The van der Waals surface area contributed by atoms with E-state index < -0.39 is 0 Å². The first-order valence-electron chi connectivity index (χ1n) is 7.05. The topological polar surface area (TPSA) is 21.7 Å². The number of aryl methyl sites for hydroxylation is 1. The van der Waals surface area contributed by atoms with Crippen molar-refractivity contribution in [3.8, 4) is 11.5 Å². The summed E-state index contributed by atoms with van der Waals surface area (Å²) in [6.45, 7) is 8.47. The van der Waals surface area contributed by atoms with Gasteiger partial charge in [-0.2, -0.15) is 0 Å². The molecule has 0 aromatic heterocycles. The molecule has 0 radical (unpaired) electrons. The summed E-state index contributed by atoms with van der Waals surface area (Å²) in [6, 6.07) is 8.54. The van der Waals surface area contributed by atoms with Gasteiger partial charge in [0.2, 0.25) is 0 Å². The molecule has 0 aliphatic heterocycles. The van der Waals surface area contributed by atoms with Crippen molar-refractivity contribution in [2.45, 2.75) is 20.8 Å². The molecule has 0 heterocycles. The first-order chi connectivity index (χ1) is 9.64. The second-order valence-electron chi connectivity index (χ2n) is 4.88. The summed E-state index contributed by atoms with van der Waals surface area (Å²) >= 11 is 0. The van der Waals surface area contributed by atoms with Gasteiger partial charge < -0.3 is 14.4 Å². The lowest BCUT2D eigenvalue weighted by Crippen LogP contribution is -2.22. The fourth-order valence-corrected chi connectivity index (χ4v) is 2.64. The van der Waals surface area contributed by atoms with E-state index in [1.807, 2.05) is 6.07 Å². The molecular formula is C17H23NO2. The van der Waals surface area contributed by atoms with Crippen LogP contribution in [-0.2, 0) is 0 Å². The molecule has 0 saturated heterocycles. The average molecular weight is 273 g/mol. The van der Waals surface area contributed by atoms with Crippen LogP contribution in [0.1, 0.15) is 19.4 Å². The van der Waals surface area contributed by atoms with Gasteiger partial charge in [-0.25, -0.2) is 0 Å². The summed E-state index contributed by atoms with van der Waals surface area (Å²) in [6.07, 6.45) is 0. The second kappa shape index (κ2) is 6.04. The number of fused-ring (bicyclic) bond motifs is 1. The van der Waals surface area contributed by atoms with Crippen LogP contribution in [0.15, 0.2) is 24.3 Å². The van der Waals surface area contributed by atoms with E-state index >= 15 is 0 Å². The third kappa shape index (κ3) is 2.53. The van der Waals surface area contributed by atoms with E-state index in [1.165, 1.54) is 22.0 Å². The SMILES string of the molecule is CCN(CC)c1cc(C)cc2cc(OC)c(OC)cc12. The van der Waals surface area contributed by atoms with Crippen LogP contribution in [0, 0.1) is 6.92 Å². The summed E-state index contributed by atoms with van der Waals surface area (Å²) in [4.78, 5) is 2.36. The Bertz CT molecular complexity index is 603. The second-order valence-corrected chi connectivity index (χ2v) is 4.88. The summed E-state index contributed by atoms with van der Waals surface area (Å²) in [7, 11) is 3.35. The van der Waals surface area contributed by atoms with Crippen LogP contribution in [0.2, 0.25) is 0 Å². The fraction of sp³-hybridized carbons (Fsp3) is 0.412. The molecule has 3 heteroatoms. The maximum absolute atomic E-state index is 5.43. The van der Waals surface area contributed by atoms with Crippen LogP contribution < -0.4 is 14.4 Å². The van der Waals surface area contributed by atoms with Gasteiger partial charge in [0, 0.05) is 24.2 Å². The molecule has 0 N–H and O–H groups in total. The number of anilines is 1. The molecule has 0 amide bonds. The highest BCUT2D eigenvalue weighted by molar-refractivity contribution is 5.97. The lowest BCUT2D eigenvalue weighted by Gasteiger charge is -2.24. The summed E-state index contributed by atoms with van der Waals surface area (Å²) in [5.74, 6) is 1.55. The molecule has 0 unspecified atom stereocenters. The lowest BCUT2D eigenvalue weighted by molar-refractivity contribution is 0.356. The van der Waals surface area contributed by atoms with Gasteiger partial charge in [0.25, 0.3) is 0 Å². The zero-order valence-corrected chi connectivity index (χ0v) is 13.0. The van der Waals surface area contributed by atoms with Gasteiger partial charge in [-0.05, 0) is 49.9 Å². The molecule has 0 aliphatic rings. The van der Waals surface area contributed by atoms with Crippen LogP contribution in [0.3, 0.4) is 0 Å². The van der Waals surface area contributed by atoms with Gasteiger partial charge in [0.15, 0.2) is 11.5 Å². The van der Waals surface area contributed by atoms with Gasteiger partial charge in [-0.15, -0.1) is 0 Å². The highest BCUT2D eigenvalue weighted by Gasteiger charge is 2.12. The molecule has 0 atom stereocenters. The Balaban J connectivity index is 2.74. The molecule has 0 aliphatic carbocycles. The molecule has 0 spiro atoms. The van der Waals surface area contributed by atoms with Crippen LogP contribution in [0.4, 0.5) is 5.69 Å². The number of benzene rings is 2. The maximum Gasteiger partial charge on any atom is 0.161 e. The van der Waals surface area contributed by atoms with Crippen LogP contribution in [0.5, 0.6) is 11.5 Å². The summed E-state index contributed by atoms with van der Waals surface area (Å²) in [5.41, 5.74) is 2.51. The molecule has 3 nitrogen and oxygen atoms in total. The van der Waals surface area contributed by atoms with Crippen molar-refractivity contribution in [2.75, 3.05) is 32.2 Å². The highest BCUT2D eigenvalue weighted by atomic mass is 16.5. The normalized spacial score (nSPS) is 10.7. The van der Waals surface area contributed by atoms with Crippen molar-refractivity contribution in [2.24, 2.45) is 0 Å². The molecule has 0 saturated carbocycles. The van der Waals surface area contributed by atoms with Crippen LogP contribution in [-0.4, -0.2) is 27.3 Å². The van der Waals surface area contributed by atoms with Crippen molar-refractivity contribution in [3.63, 3.8) is 0 Å². The van der Waals surface area contributed by atoms with E-state index in [4.69, 9.17) is 9.47 Å². The standard InChI is InChI=1S/C17H23NO2/c1-6-18(7-2)15-9-12(3)8-13-10-16(19-4)17(20-5)11-14(13)15/h8-11H,6-7H2,1-5H3. The van der Waals surface area contributed by atoms with Crippen molar-refractivity contribution < 1.29 is 9.47 Å². The van der Waals surface area contributed by atoms with E-state index in [0.717, 1.165) is 24.6 Å². The Labute approximate surface area is 121 Å². The molecule has 108 valence electrons. The van der Waals surface area contributed by atoms with Crippen molar-refractivity contribution in [1.29, 1.82) is 0 Å². The monoisotopic (exact) mass is 273 g/mol. The minimum atomic E-state index is 0.774. The van der Waals surface area contributed by atoms with E-state index in [-0.39, 0.29) is 0 Å². The van der Waals surface area contributed by atoms with Gasteiger partial charge >= 0.3 is 0 Å². The predicted octanol–water partition coefficient (Wildman–Crippen LogP) is 4.01. The lowest BCUT2D eigenvalue weighted by atomic mass is 10.0. The van der Waals surface area contributed by atoms with E-state index in [2.05, 4.69) is 43.9 Å². The summed E-state index contributed by atoms with van der Waals surface area (Å²) in [5, 5.41) is 2.39. The number of nitrogens with zero attached hydrogens (tertiary/aromatic N) is 1. The van der Waals surface area contributed by atoms with Crippen molar-refractivity contribution in [1.82, 2.24) is 0 Å².